The topological polar surface area (TPSA) is 61.0 Å². The number of ether oxygens (including phenoxy) is 1. The van der Waals surface area contributed by atoms with Gasteiger partial charge in [-0.05, 0) is 28.9 Å². The van der Waals surface area contributed by atoms with E-state index in [1.54, 1.807) is 12.1 Å². The van der Waals surface area contributed by atoms with Gasteiger partial charge in [-0.1, -0.05) is 35.5 Å². The minimum absolute atomic E-state index is 0.329. The van der Waals surface area contributed by atoms with Gasteiger partial charge in [-0.2, -0.15) is 0 Å². The molecule has 106 valence electrons. The minimum atomic E-state index is 0.329. The van der Waals surface area contributed by atoms with E-state index in [2.05, 4.69) is 31.3 Å². The van der Waals surface area contributed by atoms with Crippen molar-refractivity contribution >= 4 is 15.9 Å². The Morgan fingerprint density at radius 1 is 1.10 bits per heavy atom. The van der Waals surface area contributed by atoms with Crippen molar-refractivity contribution in [3.05, 3.63) is 58.4 Å². The van der Waals surface area contributed by atoms with E-state index in [9.17, 15) is 0 Å². The molecule has 0 radical (unpaired) electrons. The largest absolute Gasteiger partial charge is 0.472 e. The molecule has 0 fully saturated rings. The molecule has 0 N–H and O–H groups in total. The van der Waals surface area contributed by atoms with E-state index in [4.69, 9.17) is 9.26 Å². The van der Waals surface area contributed by atoms with Crippen LogP contribution in [0.4, 0.5) is 0 Å². The lowest BCUT2D eigenvalue weighted by molar-refractivity contribution is 0.287. The molecule has 0 unspecified atom stereocenters. The molecule has 0 spiro atoms. The Morgan fingerprint density at radius 3 is 2.62 bits per heavy atom. The molecule has 3 aromatic rings. The van der Waals surface area contributed by atoms with Crippen LogP contribution in [0.2, 0.25) is 0 Å². The average Bonchev–Trinajstić information content (AvgIpc) is 2.89. The van der Waals surface area contributed by atoms with Gasteiger partial charge >= 0.3 is 0 Å². The van der Waals surface area contributed by atoms with Gasteiger partial charge in [0.2, 0.25) is 5.88 Å². The Morgan fingerprint density at radius 2 is 1.90 bits per heavy atom. The number of hydrogen-bond acceptors (Lipinski definition) is 5. The molecule has 0 saturated heterocycles. The summed E-state index contributed by atoms with van der Waals surface area (Å²) in [5.41, 5.74) is 2.69. The van der Waals surface area contributed by atoms with E-state index < -0.39 is 0 Å². The second-order valence-corrected chi connectivity index (χ2v) is 5.23. The van der Waals surface area contributed by atoms with Crippen molar-refractivity contribution in [1.29, 1.82) is 0 Å². The van der Waals surface area contributed by atoms with Crippen LogP contribution < -0.4 is 4.74 Å². The van der Waals surface area contributed by atoms with Gasteiger partial charge in [0.15, 0.2) is 0 Å². The fourth-order valence-electron chi connectivity index (χ4n) is 1.91. The van der Waals surface area contributed by atoms with Crippen molar-refractivity contribution < 1.29 is 9.26 Å². The second-order valence-electron chi connectivity index (χ2n) is 4.41. The zero-order valence-corrected chi connectivity index (χ0v) is 12.9. The Hall–Kier alpha value is -2.21. The summed E-state index contributed by atoms with van der Waals surface area (Å²) >= 11 is 3.23. The zero-order valence-electron chi connectivity index (χ0n) is 11.3. The van der Waals surface area contributed by atoms with Crippen molar-refractivity contribution in [1.82, 2.24) is 15.4 Å². The minimum Gasteiger partial charge on any atom is -0.472 e. The van der Waals surface area contributed by atoms with Gasteiger partial charge in [0.1, 0.15) is 22.7 Å². The molecule has 0 saturated carbocycles. The monoisotopic (exact) mass is 345 g/mol. The van der Waals surface area contributed by atoms with Crippen LogP contribution in [0.3, 0.4) is 0 Å². The SMILES string of the molecule is Cc1onc(-c2ccccc2)c1COc1ccc(Br)nn1. The molecular formula is C15H12BrN3O2. The summed E-state index contributed by atoms with van der Waals surface area (Å²) in [7, 11) is 0. The van der Waals surface area contributed by atoms with E-state index in [1.807, 2.05) is 37.3 Å². The third-order valence-corrected chi connectivity index (χ3v) is 3.43. The van der Waals surface area contributed by atoms with Crippen LogP contribution in [0.15, 0.2) is 51.6 Å². The molecule has 0 aliphatic rings. The summed E-state index contributed by atoms with van der Waals surface area (Å²) in [5.74, 6) is 1.19. The molecule has 1 aromatic carbocycles. The van der Waals surface area contributed by atoms with Gasteiger partial charge in [-0.25, -0.2) is 0 Å². The highest BCUT2D eigenvalue weighted by atomic mass is 79.9. The molecule has 0 atom stereocenters. The first-order chi connectivity index (χ1) is 10.2. The molecule has 0 bridgehead atoms. The smallest absolute Gasteiger partial charge is 0.233 e. The molecule has 0 amide bonds. The molecule has 5 nitrogen and oxygen atoms in total. The van der Waals surface area contributed by atoms with Gasteiger partial charge in [0.25, 0.3) is 0 Å². The third kappa shape index (κ3) is 3.11. The lowest BCUT2D eigenvalue weighted by Gasteiger charge is -2.05. The number of aromatic nitrogens is 3. The summed E-state index contributed by atoms with van der Waals surface area (Å²) in [6.07, 6.45) is 0. The number of halogens is 1. The molecule has 6 heteroatoms. The van der Waals surface area contributed by atoms with Crippen molar-refractivity contribution in [2.75, 3.05) is 0 Å². The Kier molecular flexibility index (Phi) is 3.96. The van der Waals surface area contributed by atoms with Crippen LogP contribution in [0.25, 0.3) is 11.3 Å². The van der Waals surface area contributed by atoms with Crippen LogP contribution in [-0.4, -0.2) is 15.4 Å². The van der Waals surface area contributed by atoms with Crippen molar-refractivity contribution in [2.45, 2.75) is 13.5 Å². The first-order valence-electron chi connectivity index (χ1n) is 6.36. The Balaban J connectivity index is 1.82. The number of aryl methyl sites for hydroxylation is 1. The average molecular weight is 346 g/mol. The van der Waals surface area contributed by atoms with Gasteiger partial charge < -0.3 is 9.26 Å². The van der Waals surface area contributed by atoms with Gasteiger partial charge in [0, 0.05) is 11.6 Å². The van der Waals surface area contributed by atoms with Gasteiger partial charge in [0.05, 0.1) is 5.56 Å². The summed E-state index contributed by atoms with van der Waals surface area (Å²) in [4.78, 5) is 0. The molecule has 3 rings (SSSR count). The van der Waals surface area contributed by atoms with Gasteiger partial charge in [-0.15, -0.1) is 10.2 Å². The summed E-state index contributed by atoms with van der Waals surface area (Å²) in [6, 6.07) is 13.4. The summed E-state index contributed by atoms with van der Waals surface area (Å²) in [5, 5.41) is 11.9. The molecule has 2 heterocycles. The number of nitrogens with zero attached hydrogens (tertiary/aromatic N) is 3. The summed E-state index contributed by atoms with van der Waals surface area (Å²) < 4.78 is 11.6. The lowest BCUT2D eigenvalue weighted by Crippen LogP contribution is -2.00. The molecule has 2 aromatic heterocycles. The van der Waals surface area contributed by atoms with Crippen molar-refractivity contribution in [3.63, 3.8) is 0 Å². The lowest BCUT2D eigenvalue weighted by atomic mass is 10.1. The van der Waals surface area contributed by atoms with E-state index >= 15 is 0 Å². The third-order valence-electron chi connectivity index (χ3n) is 3.00. The normalized spacial score (nSPS) is 10.6. The predicted molar refractivity (Wildman–Crippen MR) is 80.7 cm³/mol. The van der Waals surface area contributed by atoms with Crippen LogP contribution in [0, 0.1) is 6.92 Å². The van der Waals surface area contributed by atoms with Crippen LogP contribution >= 0.6 is 15.9 Å². The fourth-order valence-corrected chi connectivity index (χ4v) is 2.12. The van der Waals surface area contributed by atoms with Crippen LogP contribution in [-0.2, 0) is 6.61 Å². The maximum Gasteiger partial charge on any atom is 0.233 e. The first-order valence-corrected chi connectivity index (χ1v) is 7.16. The van der Waals surface area contributed by atoms with E-state index in [1.165, 1.54) is 0 Å². The highest BCUT2D eigenvalue weighted by Crippen LogP contribution is 2.26. The zero-order chi connectivity index (χ0) is 14.7. The highest BCUT2D eigenvalue weighted by molar-refractivity contribution is 9.10. The molecular weight excluding hydrogens is 334 g/mol. The predicted octanol–water partition coefficient (Wildman–Crippen LogP) is 3.78. The first kappa shape index (κ1) is 13.8. The van der Waals surface area contributed by atoms with Crippen LogP contribution in [0.5, 0.6) is 5.88 Å². The van der Waals surface area contributed by atoms with E-state index in [0.717, 1.165) is 22.6 Å². The maximum absolute atomic E-state index is 5.65. The number of benzene rings is 1. The van der Waals surface area contributed by atoms with E-state index in [0.29, 0.717) is 17.1 Å². The number of rotatable bonds is 4. The Labute approximate surface area is 130 Å². The highest BCUT2D eigenvalue weighted by Gasteiger charge is 2.15. The maximum atomic E-state index is 5.65. The van der Waals surface area contributed by atoms with Gasteiger partial charge in [-0.3, -0.25) is 0 Å². The number of hydrogen-bond donors (Lipinski definition) is 0. The molecule has 0 aliphatic carbocycles. The summed E-state index contributed by atoms with van der Waals surface area (Å²) in [6.45, 7) is 2.20. The second kappa shape index (κ2) is 6.05. The Bertz CT molecular complexity index is 726. The quantitative estimate of drug-likeness (QED) is 0.719. The fraction of sp³-hybridized carbons (Fsp3) is 0.133. The molecule has 21 heavy (non-hydrogen) atoms. The van der Waals surface area contributed by atoms with E-state index in [-0.39, 0.29) is 0 Å². The standard InChI is InChI=1S/C15H12BrN3O2/c1-10-12(9-20-14-8-7-13(16)17-18-14)15(19-21-10)11-5-3-2-4-6-11/h2-8H,9H2,1H3. The van der Waals surface area contributed by atoms with Crippen LogP contribution in [0.1, 0.15) is 11.3 Å². The van der Waals surface area contributed by atoms with Crippen molar-refractivity contribution in [2.24, 2.45) is 0 Å². The van der Waals surface area contributed by atoms with Crippen molar-refractivity contribution in [3.8, 4) is 17.1 Å². The molecule has 0 aliphatic heterocycles.